The molecule has 7 nitrogen and oxygen atoms in total. The van der Waals surface area contributed by atoms with Crippen LogP contribution in [0.15, 0.2) is 95.9 Å². The first-order valence-corrected chi connectivity index (χ1v) is 17.4. The highest BCUT2D eigenvalue weighted by Crippen LogP contribution is 2.30. The second-order valence-corrected chi connectivity index (χ2v) is 14.1. The van der Waals surface area contributed by atoms with Crippen LogP contribution in [-0.2, 0) is 32.6 Å². The van der Waals surface area contributed by atoms with Gasteiger partial charge in [0.2, 0.25) is 11.8 Å². The molecule has 0 saturated heterocycles. The number of rotatable bonds is 13. The Hall–Kier alpha value is -3.56. The van der Waals surface area contributed by atoms with Crippen molar-refractivity contribution in [3.05, 3.63) is 128 Å². The maximum absolute atomic E-state index is 14.6. The summed E-state index contributed by atoms with van der Waals surface area (Å²) in [5.41, 5.74) is 3.21. The van der Waals surface area contributed by atoms with Crippen LogP contribution in [0.5, 0.6) is 0 Å². The van der Waals surface area contributed by atoms with E-state index in [1.165, 1.54) is 17.0 Å². The Morgan fingerprint density at radius 3 is 2.15 bits per heavy atom. The summed E-state index contributed by atoms with van der Waals surface area (Å²) in [5.74, 6) is -0.932. The summed E-state index contributed by atoms with van der Waals surface area (Å²) >= 11 is 18.7. The molecular formula is C35H36Cl3N3O4S. The van der Waals surface area contributed by atoms with E-state index in [9.17, 15) is 18.0 Å². The number of benzene rings is 4. The minimum Gasteiger partial charge on any atom is -0.354 e. The second-order valence-electron chi connectivity index (χ2n) is 11.0. The van der Waals surface area contributed by atoms with E-state index < -0.39 is 28.5 Å². The van der Waals surface area contributed by atoms with Crippen LogP contribution in [0.4, 0.5) is 5.69 Å². The number of amides is 2. The molecule has 1 N–H and O–H groups in total. The second kappa shape index (κ2) is 15.8. The van der Waals surface area contributed by atoms with Gasteiger partial charge in [-0.15, -0.1) is 0 Å². The van der Waals surface area contributed by atoms with Crippen molar-refractivity contribution in [2.45, 2.75) is 51.1 Å². The van der Waals surface area contributed by atoms with Crippen molar-refractivity contribution in [3.8, 4) is 0 Å². The normalized spacial score (nSPS) is 12.0. The van der Waals surface area contributed by atoms with E-state index in [0.29, 0.717) is 44.8 Å². The predicted octanol–water partition coefficient (Wildman–Crippen LogP) is 7.63. The molecule has 0 fully saturated rings. The highest BCUT2D eigenvalue weighted by Gasteiger charge is 2.35. The molecule has 0 heterocycles. The monoisotopic (exact) mass is 699 g/mol. The lowest BCUT2D eigenvalue weighted by Gasteiger charge is -2.34. The van der Waals surface area contributed by atoms with Crippen LogP contribution in [0.1, 0.15) is 35.6 Å². The Morgan fingerprint density at radius 2 is 1.52 bits per heavy atom. The first kappa shape index (κ1) is 35.3. The number of aryl methyl sites for hydroxylation is 2. The highest BCUT2D eigenvalue weighted by atomic mass is 35.5. The van der Waals surface area contributed by atoms with Crippen molar-refractivity contribution in [1.29, 1.82) is 0 Å². The number of halogens is 3. The fourth-order valence-corrected chi connectivity index (χ4v) is 7.03. The predicted molar refractivity (Wildman–Crippen MR) is 186 cm³/mol. The third-order valence-corrected chi connectivity index (χ3v) is 10.2. The van der Waals surface area contributed by atoms with Gasteiger partial charge in [-0.2, -0.15) is 0 Å². The smallest absolute Gasteiger partial charge is 0.264 e. The molecule has 11 heteroatoms. The molecule has 0 aliphatic carbocycles. The third kappa shape index (κ3) is 8.82. The Labute approximate surface area is 286 Å². The number of carbonyl (C=O) groups is 2. The summed E-state index contributed by atoms with van der Waals surface area (Å²) in [6, 6.07) is 24.6. The molecule has 2 amide bonds. The van der Waals surface area contributed by atoms with Crippen LogP contribution in [-0.4, -0.2) is 44.3 Å². The standard InChI is InChI=1S/C35H36Cl3N3O4S/c1-4-18-39-35(43)33(21-26-8-6-5-7-9-26)40(22-27-12-16-30(37)31(38)20-27)34(42)23-41(32-17-13-28(36)19-25(32)3)46(44,45)29-14-10-24(2)11-15-29/h5-17,19-20,33H,4,18,21-23H2,1-3H3,(H,39,43)/t33-/m0/s1. The summed E-state index contributed by atoms with van der Waals surface area (Å²) in [6.07, 6.45) is 0.900. The molecule has 4 aromatic rings. The lowest BCUT2D eigenvalue weighted by molar-refractivity contribution is -0.140. The van der Waals surface area contributed by atoms with E-state index >= 15 is 0 Å². The SMILES string of the molecule is CCCNC(=O)[C@H](Cc1ccccc1)N(Cc1ccc(Cl)c(Cl)c1)C(=O)CN(c1ccc(Cl)cc1C)S(=O)(=O)c1ccc(C)cc1. The average Bonchev–Trinajstić information content (AvgIpc) is 3.03. The van der Waals surface area contributed by atoms with E-state index in [0.717, 1.165) is 15.4 Å². The number of sulfonamides is 1. The number of nitrogens with one attached hydrogen (secondary N) is 1. The van der Waals surface area contributed by atoms with Gasteiger partial charge in [-0.05, 0) is 79.4 Å². The van der Waals surface area contributed by atoms with Gasteiger partial charge < -0.3 is 10.2 Å². The van der Waals surface area contributed by atoms with Crippen molar-refractivity contribution in [1.82, 2.24) is 10.2 Å². The first-order valence-electron chi connectivity index (χ1n) is 14.8. The summed E-state index contributed by atoms with van der Waals surface area (Å²) in [6.45, 7) is 5.34. The molecule has 0 spiro atoms. The van der Waals surface area contributed by atoms with Gasteiger partial charge in [0, 0.05) is 24.5 Å². The molecule has 4 aromatic carbocycles. The van der Waals surface area contributed by atoms with Crippen LogP contribution in [0, 0.1) is 13.8 Å². The number of hydrogen-bond donors (Lipinski definition) is 1. The topological polar surface area (TPSA) is 86.8 Å². The van der Waals surface area contributed by atoms with E-state index in [-0.39, 0.29) is 23.8 Å². The third-order valence-electron chi connectivity index (χ3n) is 7.47. The molecule has 242 valence electrons. The maximum Gasteiger partial charge on any atom is 0.264 e. The molecule has 0 bridgehead atoms. The molecule has 46 heavy (non-hydrogen) atoms. The van der Waals surface area contributed by atoms with Crippen molar-refractivity contribution in [2.75, 3.05) is 17.4 Å². The van der Waals surface area contributed by atoms with Gasteiger partial charge in [-0.25, -0.2) is 8.42 Å². The van der Waals surface area contributed by atoms with Crippen molar-refractivity contribution >= 4 is 62.3 Å². The summed E-state index contributed by atoms with van der Waals surface area (Å²) in [7, 11) is -4.24. The van der Waals surface area contributed by atoms with Crippen LogP contribution < -0.4 is 9.62 Å². The minimum atomic E-state index is -4.24. The summed E-state index contributed by atoms with van der Waals surface area (Å²) in [4.78, 5) is 29.8. The van der Waals surface area contributed by atoms with E-state index in [1.807, 2.05) is 44.2 Å². The molecule has 0 unspecified atom stereocenters. The van der Waals surface area contributed by atoms with Crippen LogP contribution in [0.3, 0.4) is 0 Å². The first-order chi connectivity index (χ1) is 21.9. The number of carbonyl (C=O) groups excluding carboxylic acids is 2. The Morgan fingerprint density at radius 1 is 0.826 bits per heavy atom. The lowest BCUT2D eigenvalue weighted by atomic mass is 10.0. The molecular weight excluding hydrogens is 665 g/mol. The van der Waals surface area contributed by atoms with Crippen molar-refractivity contribution in [3.63, 3.8) is 0 Å². The van der Waals surface area contributed by atoms with Crippen molar-refractivity contribution < 1.29 is 18.0 Å². The Bertz CT molecular complexity index is 1790. The fourth-order valence-electron chi connectivity index (χ4n) is 5.00. The highest BCUT2D eigenvalue weighted by molar-refractivity contribution is 7.92. The van der Waals surface area contributed by atoms with Gasteiger partial charge in [0.25, 0.3) is 10.0 Å². The largest absolute Gasteiger partial charge is 0.354 e. The van der Waals surface area contributed by atoms with Crippen LogP contribution in [0.2, 0.25) is 15.1 Å². The van der Waals surface area contributed by atoms with Gasteiger partial charge >= 0.3 is 0 Å². The van der Waals surface area contributed by atoms with E-state index in [1.54, 1.807) is 55.5 Å². The van der Waals surface area contributed by atoms with Gasteiger partial charge in [0.05, 0.1) is 20.6 Å². The van der Waals surface area contributed by atoms with E-state index in [4.69, 9.17) is 34.8 Å². The molecule has 0 aromatic heterocycles. The van der Waals surface area contributed by atoms with Gasteiger partial charge in [0.15, 0.2) is 0 Å². The zero-order chi connectivity index (χ0) is 33.4. The molecule has 4 rings (SSSR count). The number of hydrogen-bond acceptors (Lipinski definition) is 4. The van der Waals surface area contributed by atoms with Gasteiger partial charge in [-0.1, -0.05) is 95.8 Å². The Kier molecular flexibility index (Phi) is 12.1. The molecule has 1 atom stereocenters. The Balaban J connectivity index is 1.83. The zero-order valence-electron chi connectivity index (χ0n) is 25.8. The quantitative estimate of drug-likeness (QED) is 0.156. The molecule has 0 aliphatic heterocycles. The summed E-state index contributed by atoms with van der Waals surface area (Å²) < 4.78 is 29.5. The van der Waals surface area contributed by atoms with Crippen LogP contribution >= 0.6 is 34.8 Å². The van der Waals surface area contributed by atoms with Crippen LogP contribution in [0.25, 0.3) is 0 Å². The van der Waals surface area contributed by atoms with Crippen molar-refractivity contribution in [2.24, 2.45) is 0 Å². The molecule has 0 radical (unpaired) electrons. The zero-order valence-corrected chi connectivity index (χ0v) is 28.9. The molecule has 0 aliphatic rings. The lowest BCUT2D eigenvalue weighted by Crippen LogP contribution is -2.53. The summed E-state index contributed by atoms with van der Waals surface area (Å²) in [5, 5.41) is 4.00. The van der Waals surface area contributed by atoms with Gasteiger partial charge in [-0.3, -0.25) is 13.9 Å². The number of anilines is 1. The number of nitrogens with zero attached hydrogens (tertiary/aromatic N) is 2. The van der Waals surface area contributed by atoms with Gasteiger partial charge in [0.1, 0.15) is 12.6 Å². The maximum atomic E-state index is 14.6. The van der Waals surface area contributed by atoms with E-state index in [2.05, 4.69) is 5.32 Å². The fraction of sp³-hybridized carbons (Fsp3) is 0.257. The molecule has 0 saturated carbocycles. The minimum absolute atomic E-state index is 0.0230. The average molecular weight is 701 g/mol.